The average Bonchev–Trinajstić information content (AvgIpc) is 3.64. The quantitative estimate of drug-likeness (QED) is 0.182. The number of nitrogens with one attached hydrogen (secondary N) is 1. The van der Waals surface area contributed by atoms with Crippen LogP contribution in [0.2, 0.25) is 0 Å². The Morgan fingerprint density at radius 2 is 1.71 bits per heavy atom. The number of thioether (sulfide) groups is 1. The van der Waals surface area contributed by atoms with E-state index in [0.29, 0.717) is 11.6 Å². The third-order valence-electron chi connectivity index (χ3n) is 5.79. The molecular formula is C26H31N3O5S. The molecule has 35 heavy (non-hydrogen) atoms. The van der Waals surface area contributed by atoms with Crippen molar-refractivity contribution in [3.63, 3.8) is 0 Å². The first kappa shape index (κ1) is 26.3. The van der Waals surface area contributed by atoms with Gasteiger partial charge in [0.05, 0.1) is 24.8 Å². The predicted octanol–water partition coefficient (Wildman–Crippen LogP) is 4.05. The van der Waals surface area contributed by atoms with Gasteiger partial charge in [-0.15, -0.1) is 11.8 Å². The van der Waals surface area contributed by atoms with Crippen LogP contribution in [-0.4, -0.2) is 43.2 Å². The maximum atomic E-state index is 13.0. The molecule has 1 saturated carbocycles. The summed E-state index contributed by atoms with van der Waals surface area (Å²) < 4.78 is 16.4. The number of rotatable bonds is 14. The number of nitrogens with zero attached hydrogens (tertiary/aromatic N) is 2. The van der Waals surface area contributed by atoms with E-state index >= 15 is 0 Å². The normalized spacial score (nSPS) is 19.5. The Balaban J connectivity index is 1.65. The summed E-state index contributed by atoms with van der Waals surface area (Å²) in [5, 5.41) is 3.55. The molecule has 0 heterocycles. The molecule has 2 aromatic carbocycles. The number of benzene rings is 2. The second-order valence-corrected chi connectivity index (χ2v) is 9.22. The van der Waals surface area contributed by atoms with Gasteiger partial charge in [0.1, 0.15) is 25.3 Å². The molecule has 0 radical (unpaired) electrons. The molecule has 8 nitrogen and oxygen atoms in total. The van der Waals surface area contributed by atoms with Gasteiger partial charge in [-0.2, -0.15) is 5.10 Å². The lowest BCUT2D eigenvalue weighted by Gasteiger charge is -2.13. The largest absolute Gasteiger partial charge is 0.497 e. The van der Waals surface area contributed by atoms with Gasteiger partial charge in [0.25, 0.3) is 0 Å². The maximum absolute atomic E-state index is 13.0. The van der Waals surface area contributed by atoms with Gasteiger partial charge in [0.2, 0.25) is 0 Å². The molecular weight excluding hydrogens is 466 g/mol. The van der Waals surface area contributed by atoms with Gasteiger partial charge in [-0.05, 0) is 35.6 Å². The number of methoxy groups -OCH3 is 1. The Morgan fingerprint density at radius 1 is 1.06 bits per heavy atom. The molecule has 4 unspecified atom stereocenters. The third kappa shape index (κ3) is 7.58. The van der Waals surface area contributed by atoms with Gasteiger partial charge in [-0.1, -0.05) is 49.4 Å². The Morgan fingerprint density at radius 3 is 2.34 bits per heavy atom. The first-order valence-corrected chi connectivity index (χ1v) is 12.4. The van der Waals surface area contributed by atoms with Crippen molar-refractivity contribution < 1.29 is 23.8 Å². The minimum absolute atomic E-state index is 0.0486. The molecule has 0 bridgehead atoms. The zero-order chi connectivity index (χ0) is 25.0. The number of carbonyl (C=O) groups is 2. The Kier molecular flexibility index (Phi) is 10.2. The van der Waals surface area contributed by atoms with Crippen molar-refractivity contribution in [3.05, 3.63) is 65.7 Å². The van der Waals surface area contributed by atoms with E-state index in [2.05, 4.69) is 22.2 Å². The van der Waals surface area contributed by atoms with Crippen molar-refractivity contribution in [3.8, 4) is 5.75 Å². The standard InChI is InChI=1S/C26H31N3O5S/c1-4-21(35-17-28-16-29-27-2)22-23(25(30)33-14-18-9-6-5-7-10-18)24(22)26(31)34-15-19-11-8-12-20(13-19)32-3/h5-13,16,21-24H,2,4,14-15,17H2,1,3H3,(H,28,29). The van der Waals surface area contributed by atoms with Crippen LogP contribution in [0.5, 0.6) is 5.75 Å². The van der Waals surface area contributed by atoms with Crippen molar-refractivity contribution >= 4 is 36.8 Å². The van der Waals surface area contributed by atoms with Crippen LogP contribution in [0.15, 0.2) is 64.7 Å². The van der Waals surface area contributed by atoms with E-state index in [1.165, 1.54) is 6.34 Å². The van der Waals surface area contributed by atoms with E-state index in [1.54, 1.807) is 18.9 Å². The van der Waals surface area contributed by atoms with E-state index in [-0.39, 0.29) is 36.3 Å². The lowest BCUT2D eigenvalue weighted by Crippen LogP contribution is -2.14. The molecule has 1 fully saturated rings. The van der Waals surface area contributed by atoms with Crippen LogP contribution < -0.4 is 10.2 Å². The summed E-state index contributed by atoms with van der Waals surface area (Å²) in [6.07, 6.45) is 2.24. The monoisotopic (exact) mass is 497 g/mol. The predicted molar refractivity (Wildman–Crippen MR) is 137 cm³/mol. The fourth-order valence-electron chi connectivity index (χ4n) is 4.00. The van der Waals surface area contributed by atoms with Crippen LogP contribution in [0, 0.1) is 17.8 Å². The zero-order valence-electron chi connectivity index (χ0n) is 20.0. The Bertz CT molecular complexity index is 1020. The van der Waals surface area contributed by atoms with E-state index in [4.69, 9.17) is 14.2 Å². The van der Waals surface area contributed by atoms with Crippen LogP contribution in [-0.2, 0) is 32.3 Å². The third-order valence-corrected chi connectivity index (χ3v) is 7.17. The summed E-state index contributed by atoms with van der Waals surface area (Å²) in [5.41, 5.74) is 4.28. The number of hydrogen-bond acceptors (Lipinski definition) is 8. The van der Waals surface area contributed by atoms with Gasteiger partial charge in [-0.3, -0.25) is 20.0 Å². The van der Waals surface area contributed by atoms with E-state index in [9.17, 15) is 9.59 Å². The van der Waals surface area contributed by atoms with Crippen LogP contribution in [0.3, 0.4) is 0 Å². The van der Waals surface area contributed by atoms with Crippen molar-refractivity contribution in [1.82, 2.24) is 5.43 Å². The van der Waals surface area contributed by atoms with E-state index in [1.807, 2.05) is 61.5 Å². The molecule has 0 aromatic heterocycles. The molecule has 3 rings (SSSR count). The zero-order valence-corrected chi connectivity index (χ0v) is 20.8. The van der Waals surface area contributed by atoms with Crippen molar-refractivity contribution in [2.45, 2.75) is 31.8 Å². The Hall–Kier alpha value is -3.33. The van der Waals surface area contributed by atoms with E-state index < -0.39 is 11.8 Å². The molecule has 1 aliphatic rings. The smallest absolute Gasteiger partial charge is 0.310 e. The number of esters is 2. The molecule has 186 valence electrons. The minimum atomic E-state index is -0.543. The molecule has 0 aliphatic heterocycles. The average molecular weight is 498 g/mol. The summed E-state index contributed by atoms with van der Waals surface area (Å²) >= 11 is 1.59. The molecule has 4 atom stereocenters. The van der Waals surface area contributed by atoms with Gasteiger partial charge in [-0.25, -0.2) is 0 Å². The lowest BCUT2D eigenvalue weighted by atomic mass is 10.2. The van der Waals surface area contributed by atoms with Gasteiger partial charge in [0.15, 0.2) is 0 Å². The van der Waals surface area contributed by atoms with Crippen molar-refractivity contribution in [2.75, 3.05) is 13.0 Å². The van der Waals surface area contributed by atoms with Crippen LogP contribution in [0.1, 0.15) is 24.5 Å². The maximum Gasteiger partial charge on any atom is 0.310 e. The number of aliphatic imine (C=N–C) groups is 1. The van der Waals surface area contributed by atoms with Crippen LogP contribution in [0.4, 0.5) is 0 Å². The highest BCUT2D eigenvalue weighted by Crippen LogP contribution is 2.54. The molecule has 1 aliphatic carbocycles. The topological polar surface area (TPSA) is 98.6 Å². The highest BCUT2D eigenvalue weighted by atomic mass is 32.2. The summed E-state index contributed by atoms with van der Waals surface area (Å²) in [6.45, 7) is 5.64. The van der Waals surface area contributed by atoms with Crippen molar-refractivity contribution in [2.24, 2.45) is 27.8 Å². The summed E-state index contributed by atoms with van der Waals surface area (Å²) in [4.78, 5) is 30.2. The fourth-order valence-corrected chi connectivity index (χ4v) is 5.15. The Labute approximate surface area is 210 Å². The molecule has 9 heteroatoms. The number of carbonyl (C=O) groups excluding carboxylic acids is 2. The lowest BCUT2D eigenvalue weighted by molar-refractivity contribution is -0.152. The number of hydrogen-bond donors (Lipinski definition) is 1. The van der Waals surface area contributed by atoms with Crippen LogP contribution in [0.25, 0.3) is 0 Å². The second-order valence-electron chi connectivity index (χ2n) is 8.02. The first-order chi connectivity index (χ1) is 17.1. The molecule has 0 amide bonds. The van der Waals surface area contributed by atoms with Crippen molar-refractivity contribution in [1.29, 1.82) is 0 Å². The fraction of sp³-hybridized carbons (Fsp3) is 0.385. The number of ether oxygens (including phenoxy) is 3. The molecule has 0 spiro atoms. The highest BCUT2D eigenvalue weighted by molar-refractivity contribution is 7.99. The molecule has 1 N–H and O–H groups in total. The molecule has 0 saturated heterocycles. The summed E-state index contributed by atoms with van der Waals surface area (Å²) in [7, 11) is 1.59. The SMILES string of the molecule is C=NN/C=N\CSC(CC)C1C(C(=O)OCc2ccccc2)C1C(=O)OCc1cccc(OC)c1. The van der Waals surface area contributed by atoms with Gasteiger partial charge in [0, 0.05) is 12.0 Å². The summed E-state index contributed by atoms with van der Waals surface area (Å²) in [5.74, 6) is -0.860. The van der Waals surface area contributed by atoms with E-state index in [0.717, 1.165) is 17.5 Å². The van der Waals surface area contributed by atoms with Gasteiger partial charge >= 0.3 is 11.9 Å². The molecule has 2 aromatic rings. The minimum Gasteiger partial charge on any atom is -0.497 e. The summed E-state index contributed by atoms with van der Waals surface area (Å²) in [6, 6.07) is 16.8. The van der Waals surface area contributed by atoms with Gasteiger partial charge < -0.3 is 14.2 Å². The first-order valence-electron chi connectivity index (χ1n) is 11.4. The number of hydrazone groups is 1. The highest BCUT2D eigenvalue weighted by Gasteiger charge is 2.63. The van der Waals surface area contributed by atoms with Crippen LogP contribution >= 0.6 is 11.8 Å². The second kappa shape index (κ2) is 13.5.